The monoisotopic (exact) mass is 278 g/mol. The van der Waals surface area contributed by atoms with E-state index >= 15 is 0 Å². The molecule has 19 heavy (non-hydrogen) atoms. The van der Waals surface area contributed by atoms with Crippen molar-refractivity contribution in [1.82, 2.24) is 15.1 Å². The number of nitrogens with zero attached hydrogens (tertiary/aromatic N) is 2. The summed E-state index contributed by atoms with van der Waals surface area (Å²) in [5.74, 6) is -0.671. The van der Waals surface area contributed by atoms with Gasteiger partial charge in [-0.1, -0.05) is 13.8 Å². The van der Waals surface area contributed by atoms with Crippen LogP contribution in [0, 0.1) is 0 Å². The number of alkyl halides is 3. The second-order valence-electron chi connectivity index (χ2n) is 4.23. The Bertz CT molecular complexity index is 426. The van der Waals surface area contributed by atoms with Gasteiger partial charge in [0, 0.05) is 12.1 Å². The molecule has 8 heteroatoms. The molecule has 0 bridgehead atoms. The first-order valence-corrected chi connectivity index (χ1v) is 5.97. The number of carbonyl (C=O) groups is 1. The van der Waals surface area contributed by atoms with Crippen LogP contribution in [0.3, 0.4) is 0 Å². The Kier molecular flexibility index (Phi) is 4.79. The van der Waals surface area contributed by atoms with Crippen molar-refractivity contribution in [2.24, 2.45) is 0 Å². The van der Waals surface area contributed by atoms with Gasteiger partial charge in [-0.3, -0.25) is 9.89 Å². The average Bonchev–Trinajstić information content (AvgIpc) is 2.73. The van der Waals surface area contributed by atoms with Crippen LogP contribution in [-0.4, -0.2) is 39.8 Å². The Morgan fingerprint density at radius 3 is 2.42 bits per heavy atom. The number of hydrogen-bond donors (Lipinski definition) is 2. The van der Waals surface area contributed by atoms with E-state index in [1.807, 2.05) is 0 Å². The van der Waals surface area contributed by atoms with Crippen molar-refractivity contribution in [1.29, 1.82) is 0 Å². The van der Waals surface area contributed by atoms with E-state index in [0.717, 1.165) is 4.90 Å². The molecule has 0 aliphatic rings. The van der Waals surface area contributed by atoms with E-state index in [9.17, 15) is 18.0 Å². The van der Waals surface area contributed by atoms with Gasteiger partial charge in [-0.25, -0.2) is 0 Å². The van der Waals surface area contributed by atoms with Crippen LogP contribution in [0.2, 0.25) is 0 Å². The SMILES string of the molecule is CCC(CC)N(CC(F)(F)F)C(=O)c1cc(N)n[nH]1. The van der Waals surface area contributed by atoms with Crippen molar-refractivity contribution in [3.63, 3.8) is 0 Å². The Morgan fingerprint density at radius 2 is 2.05 bits per heavy atom. The summed E-state index contributed by atoms with van der Waals surface area (Å²) in [6.45, 7) is 2.20. The van der Waals surface area contributed by atoms with Crippen LogP contribution in [0.15, 0.2) is 6.07 Å². The smallest absolute Gasteiger partial charge is 0.382 e. The molecule has 1 aromatic rings. The lowest BCUT2D eigenvalue weighted by Gasteiger charge is -2.30. The summed E-state index contributed by atoms with van der Waals surface area (Å²) < 4.78 is 37.7. The minimum Gasteiger partial charge on any atom is -0.382 e. The molecule has 0 spiro atoms. The minimum atomic E-state index is -4.44. The second-order valence-corrected chi connectivity index (χ2v) is 4.23. The van der Waals surface area contributed by atoms with Crippen molar-refractivity contribution >= 4 is 11.7 Å². The van der Waals surface area contributed by atoms with Crippen LogP contribution in [0.1, 0.15) is 37.2 Å². The number of nitrogen functional groups attached to an aromatic ring is 1. The number of aromatic amines is 1. The van der Waals surface area contributed by atoms with Crippen LogP contribution in [0.25, 0.3) is 0 Å². The van der Waals surface area contributed by atoms with E-state index in [4.69, 9.17) is 5.73 Å². The molecule has 0 fully saturated rings. The van der Waals surface area contributed by atoms with Gasteiger partial charge in [0.2, 0.25) is 0 Å². The Morgan fingerprint density at radius 1 is 1.47 bits per heavy atom. The number of nitrogens with two attached hydrogens (primary N) is 1. The zero-order valence-electron chi connectivity index (χ0n) is 10.8. The molecule has 1 rings (SSSR count). The molecule has 0 saturated heterocycles. The van der Waals surface area contributed by atoms with E-state index in [1.165, 1.54) is 6.07 Å². The van der Waals surface area contributed by atoms with E-state index in [0.29, 0.717) is 12.8 Å². The van der Waals surface area contributed by atoms with E-state index < -0.39 is 24.7 Å². The quantitative estimate of drug-likeness (QED) is 0.866. The third kappa shape index (κ3) is 4.15. The molecule has 0 atom stereocenters. The van der Waals surface area contributed by atoms with Gasteiger partial charge in [-0.05, 0) is 12.8 Å². The molecular weight excluding hydrogens is 261 g/mol. The number of anilines is 1. The van der Waals surface area contributed by atoms with Crippen molar-refractivity contribution in [3.05, 3.63) is 11.8 Å². The highest BCUT2D eigenvalue weighted by Gasteiger charge is 2.36. The van der Waals surface area contributed by atoms with Gasteiger partial charge < -0.3 is 10.6 Å². The number of rotatable bonds is 5. The molecule has 0 aliphatic carbocycles. The lowest BCUT2D eigenvalue weighted by molar-refractivity contribution is -0.145. The third-order valence-electron chi connectivity index (χ3n) is 2.82. The first kappa shape index (κ1) is 15.3. The maximum absolute atomic E-state index is 12.6. The minimum absolute atomic E-state index is 0.0337. The van der Waals surface area contributed by atoms with E-state index in [-0.39, 0.29) is 11.5 Å². The molecular formula is C11H17F3N4O. The first-order valence-electron chi connectivity index (χ1n) is 5.97. The topological polar surface area (TPSA) is 75.0 Å². The highest BCUT2D eigenvalue weighted by atomic mass is 19.4. The van der Waals surface area contributed by atoms with E-state index in [1.54, 1.807) is 13.8 Å². The maximum Gasteiger partial charge on any atom is 0.406 e. The number of amides is 1. The fraction of sp³-hybridized carbons (Fsp3) is 0.636. The molecule has 0 aliphatic heterocycles. The summed E-state index contributed by atoms with van der Waals surface area (Å²) >= 11 is 0. The fourth-order valence-corrected chi connectivity index (χ4v) is 1.89. The summed E-state index contributed by atoms with van der Waals surface area (Å²) in [7, 11) is 0. The Labute approximate surface area is 109 Å². The third-order valence-corrected chi connectivity index (χ3v) is 2.82. The molecule has 0 saturated carbocycles. The Balaban J connectivity index is 2.98. The molecule has 1 aromatic heterocycles. The van der Waals surface area contributed by atoms with Gasteiger partial charge in [0.05, 0.1) is 0 Å². The summed E-state index contributed by atoms with van der Waals surface area (Å²) in [5, 5.41) is 5.89. The van der Waals surface area contributed by atoms with Gasteiger partial charge in [-0.2, -0.15) is 18.3 Å². The van der Waals surface area contributed by atoms with Crippen molar-refractivity contribution < 1.29 is 18.0 Å². The van der Waals surface area contributed by atoms with Crippen LogP contribution in [-0.2, 0) is 0 Å². The number of carbonyl (C=O) groups excluding carboxylic acids is 1. The van der Waals surface area contributed by atoms with Gasteiger partial charge in [0.25, 0.3) is 5.91 Å². The standard InChI is InChI=1S/C11H17F3N4O/c1-3-7(4-2)18(6-11(12,13)14)10(19)8-5-9(15)17-16-8/h5,7H,3-4,6H2,1-2H3,(H3,15,16,17). The summed E-state index contributed by atoms with van der Waals surface area (Å²) in [5.41, 5.74) is 5.32. The van der Waals surface area contributed by atoms with Gasteiger partial charge in [0.15, 0.2) is 0 Å². The maximum atomic E-state index is 12.6. The van der Waals surface area contributed by atoms with Crippen molar-refractivity contribution in [3.8, 4) is 0 Å². The van der Waals surface area contributed by atoms with Crippen molar-refractivity contribution in [2.75, 3.05) is 12.3 Å². The zero-order chi connectivity index (χ0) is 14.6. The first-order chi connectivity index (χ1) is 8.78. The lowest BCUT2D eigenvalue weighted by Crippen LogP contribution is -2.45. The number of nitrogens with one attached hydrogen (secondary N) is 1. The molecule has 5 nitrogen and oxygen atoms in total. The Hall–Kier alpha value is -1.73. The van der Waals surface area contributed by atoms with Crippen LogP contribution in [0.5, 0.6) is 0 Å². The molecule has 1 heterocycles. The second kappa shape index (κ2) is 5.94. The highest BCUT2D eigenvalue weighted by Crippen LogP contribution is 2.22. The molecule has 0 unspecified atom stereocenters. The average molecular weight is 278 g/mol. The number of hydrogen-bond acceptors (Lipinski definition) is 3. The molecule has 3 N–H and O–H groups in total. The van der Waals surface area contributed by atoms with Crippen LogP contribution >= 0.6 is 0 Å². The van der Waals surface area contributed by atoms with Gasteiger partial charge in [-0.15, -0.1) is 0 Å². The van der Waals surface area contributed by atoms with Crippen molar-refractivity contribution in [2.45, 2.75) is 38.9 Å². The number of H-pyrrole nitrogens is 1. The van der Waals surface area contributed by atoms with Crippen LogP contribution < -0.4 is 5.73 Å². The van der Waals surface area contributed by atoms with E-state index in [2.05, 4.69) is 10.2 Å². The molecule has 0 radical (unpaired) electrons. The van der Waals surface area contributed by atoms with Gasteiger partial charge >= 0.3 is 6.18 Å². The van der Waals surface area contributed by atoms with Crippen LogP contribution in [0.4, 0.5) is 19.0 Å². The summed E-state index contributed by atoms with van der Waals surface area (Å²) in [6.07, 6.45) is -3.55. The predicted molar refractivity (Wildman–Crippen MR) is 64.5 cm³/mol. The molecule has 1 amide bonds. The zero-order valence-corrected chi connectivity index (χ0v) is 10.8. The van der Waals surface area contributed by atoms with Gasteiger partial charge in [0.1, 0.15) is 18.1 Å². The summed E-state index contributed by atoms with van der Waals surface area (Å²) in [6, 6.07) is 0.757. The molecule has 0 aromatic carbocycles. The highest BCUT2D eigenvalue weighted by molar-refractivity contribution is 5.93. The number of halogens is 3. The molecule has 108 valence electrons. The summed E-state index contributed by atoms with van der Waals surface area (Å²) in [4.78, 5) is 12.9. The normalized spacial score (nSPS) is 11.9. The largest absolute Gasteiger partial charge is 0.406 e. The number of aromatic nitrogens is 2. The lowest BCUT2D eigenvalue weighted by atomic mass is 10.1. The fourth-order valence-electron chi connectivity index (χ4n) is 1.89. The predicted octanol–water partition coefficient (Wildman–Crippen LogP) is 2.19.